The number of benzene rings is 1. The smallest absolute Gasteiger partial charge is 0.241 e. The summed E-state index contributed by atoms with van der Waals surface area (Å²) in [6, 6.07) is 6.35. The van der Waals surface area contributed by atoms with Crippen molar-refractivity contribution in [2.75, 3.05) is 11.9 Å². The molecular weight excluding hydrogens is 300 g/mol. The Labute approximate surface area is 120 Å². The molecule has 0 saturated heterocycles. The monoisotopic (exact) mass is 312 g/mol. The predicted octanol–water partition coefficient (Wildman–Crippen LogP) is 0.764. The largest absolute Gasteiger partial charge is 0.299 e. The Bertz CT molecular complexity index is 681. The molecule has 0 spiro atoms. The van der Waals surface area contributed by atoms with Crippen molar-refractivity contribution in [3.63, 3.8) is 0 Å². The summed E-state index contributed by atoms with van der Waals surface area (Å²) >= 11 is 1.15. The molecule has 1 aromatic carbocycles. The lowest BCUT2D eigenvalue weighted by atomic mass is 10.2. The van der Waals surface area contributed by atoms with Crippen molar-refractivity contribution in [2.45, 2.75) is 11.8 Å². The molecule has 2 rings (SSSR count). The second-order valence-electron chi connectivity index (χ2n) is 3.93. The van der Waals surface area contributed by atoms with Gasteiger partial charge in [-0.15, -0.1) is 10.2 Å². The molecule has 0 unspecified atom stereocenters. The van der Waals surface area contributed by atoms with E-state index in [2.05, 4.69) is 20.2 Å². The van der Waals surface area contributed by atoms with E-state index in [1.165, 1.54) is 17.6 Å². The number of carbonyl (C=O) groups excluding carboxylic acids is 1. The summed E-state index contributed by atoms with van der Waals surface area (Å²) in [6.45, 7) is 1.50. The Hall–Kier alpha value is -1.84. The Morgan fingerprint density at radius 3 is 2.60 bits per heavy atom. The highest BCUT2D eigenvalue weighted by atomic mass is 32.2. The fourth-order valence-electron chi connectivity index (χ4n) is 1.35. The number of sulfonamides is 1. The lowest BCUT2D eigenvalue weighted by molar-refractivity contribution is -0.115. The second-order valence-corrected chi connectivity index (χ2v) is 6.53. The van der Waals surface area contributed by atoms with Gasteiger partial charge in [-0.3, -0.25) is 10.1 Å². The Morgan fingerprint density at radius 2 is 2.00 bits per heavy atom. The van der Waals surface area contributed by atoms with Crippen LogP contribution in [0.3, 0.4) is 0 Å². The lowest BCUT2D eigenvalue weighted by Gasteiger charge is -2.06. The molecule has 0 saturated carbocycles. The zero-order valence-electron chi connectivity index (χ0n) is 10.5. The van der Waals surface area contributed by atoms with E-state index in [1.54, 1.807) is 12.1 Å². The molecule has 0 aliphatic carbocycles. The molecule has 0 fully saturated rings. The fraction of sp³-hybridized carbons (Fsp3) is 0.182. The van der Waals surface area contributed by atoms with E-state index in [9.17, 15) is 13.2 Å². The van der Waals surface area contributed by atoms with Gasteiger partial charge in [0, 0.05) is 0 Å². The van der Waals surface area contributed by atoms with Gasteiger partial charge in [-0.1, -0.05) is 29.0 Å². The van der Waals surface area contributed by atoms with Crippen LogP contribution >= 0.6 is 11.3 Å². The van der Waals surface area contributed by atoms with E-state index < -0.39 is 15.9 Å². The van der Waals surface area contributed by atoms with E-state index in [4.69, 9.17) is 0 Å². The van der Waals surface area contributed by atoms with Crippen molar-refractivity contribution in [2.24, 2.45) is 0 Å². The number of carbonyl (C=O) groups is 1. The average Bonchev–Trinajstić information content (AvgIpc) is 2.90. The van der Waals surface area contributed by atoms with Crippen molar-refractivity contribution in [3.8, 4) is 0 Å². The standard InChI is InChI=1S/C11H12N4O3S2/c1-8-2-4-9(5-3-8)20(17,18)13-6-10(16)14-11-15-12-7-19-11/h2-5,7,13H,6H2,1H3,(H,14,15,16). The van der Waals surface area contributed by atoms with Crippen LogP contribution < -0.4 is 10.0 Å². The zero-order valence-corrected chi connectivity index (χ0v) is 12.2. The molecule has 1 amide bonds. The Balaban J connectivity index is 1.95. The summed E-state index contributed by atoms with van der Waals surface area (Å²) in [4.78, 5) is 11.7. The Morgan fingerprint density at radius 1 is 1.30 bits per heavy atom. The van der Waals surface area contributed by atoms with Crippen LogP contribution in [-0.2, 0) is 14.8 Å². The maximum absolute atomic E-state index is 11.9. The third kappa shape index (κ3) is 3.83. The molecule has 20 heavy (non-hydrogen) atoms. The molecule has 1 heterocycles. The van der Waals surface area contributed by atoms with Crippen molar-refractivity contribution >= 4 is 32.4 Å². The van der Waals surface area contributed by atoms with Gasteiger partial charge in [0.2, 0.25) is 21.1 Å². The number of amides is 1. The summed E-state index contributed by atoms with van der Waals surface area (Å²) in [5.41, 5.74) is 2.42. The van der Waals surface area contributed by atoms with E-state index in [0.717, 1.165) is 16.9 Å². The quantitative estimate of drug-likeness (QED) is 0.849. The maximum atomic E-state index is 11.9. The third-order valence-electron chi connectivity index (χ3n) is 2.36. The number of anilines is 1. The summed E-state index contributed by atoms with van der Waals surface area (Å²) < 4.78 is 26.1. The molecular formula is C11H12N4O3S2. The first-order chi connectivity index (χ1) is 9.47. The molecule has 7 nitrogen and oxygen atoms in total. The van der Waals surface area contributed by atoms with Crippen LogP contribution in [0.4, 0.5) is 5.13 Å². The van der Waals surface area contributed by atoms with Crippen LogP contribution in [0.25, 0.3) is 0 Å². The first-order valence-corrected chi connectivity index (χ1v) is 7.96. The number of rotatable bonds is 5. The van der Waals surface area contributed by atoms with E-state index in [1.807, 2.05) is 6.92 Å². The minimum Gasteiger partial charge on any atom is -0.299 e. The van der Waals surface area contributed by atoms with Gasteiger partial charge in [-0.05, 0) is 19.1 Å². The SMILES string of the molecule is Cc1ccc(S(=O)(=O)NCC(=O)Nc2nncs2)cc1. The summed E-state index contributed by atoms with van der Waals surface area (Å²) in [5.74, 6) is -0.502. The molecule has 2 N–H and O–H groups in total. The van der Waals surface area contributed by atoms with Gasteiger partial charge in [0.25, 0.3) is 0 Å². The van der Waals surface area contributed by atoms with Gasteiger partial charge < -0.3 is 0 Å². The Kier molecular flexibility index (Phi) is 4.42. The second kappa shape index (κ2) is 6.07. The highest BCUT2D eigenvalue weighted by Gasteiger charge is 2.15. The van der Waals surface area contributed by atoms with Crippen molar-refractivity contribution in [3.05, 3.63) is 35.3 Å². The van der Waals surface area contributed by atoms with Crippen molar-refractivity contribution in [1.82, 2.24) is 14.9 Å². The predicted molar refractivity (Wildman–Crippen MR) is 74.9 cm³/mol. The molecule has 1 aromatic heterocycles. The van der Waals surface area contributed by atoms with Crippen LogP contribution in [0.15, 0.2) is 34.7 Å². The molecule has 0 radical (unpaired) electrons. The zero-order chi connectivity index (χ0) is 14.6. The van der Waals surface area contributed by atoms with E-state index in [0.29, 0.717) is 5.13 Å². The first kappa shape index (κ1) is 14.6. The third-order valence-corrected chi connectivity index (χ3v) is 4.38. The number of nitrogens with zero attached hydrogens (tertiary/aromatic N) is 2. The summed E-state index contributed by atoms with van der Waals surface area (Å²) in [5, 5.41) is 9.94. The molecule has 0 atom stereocenters. The first-order valence-electron chi connectivity index (χ1n) is 5.60. The van der Waals surface area contributed by atoms with Crippen LogP contribution in [0.5, 0.6) is 0 Å². The maximum Gasteiger partial charge on any atom is 0.241 e. The van der Waals surface area contributed by atoms with Gasteiger partial charge in [-0.25, -0.2) is 13.1 Å². The number of aromatic nitrogens is 2. The minimum atomic E-state index is -3.69. The summed E-state index contributed by atoms with van der Waals surface area (Å²) in [6.07, 6.45) is 0. The topological polar surface area (TPSA) is 101 Å². The molecule has 9 heteroatoms. The number of aryl methyl sites for hydroxylation is 1. The van der Waals surface area contributed by atoms with Crippen molar-refractivity contribution in [1.29, 1.82) is 0 Å². The normalized spacial score (nSPS) is 11.2. The molecule has 0 aliphatic rings. The van der Waals surface area contributed by atoms with Gasteiger partial charge in [-0.2, -0.15) is 0 Å². The fourth-order valence-corrected chi connectivity index (χ4v) is 2.80. The lowest BCUT2D eigenvalue weighted by Crippen LogP contribution is -2.32. The van der Waals surface area contributed by atoms with Crippen LogP contribution in [0.1, 0.15) is 5.56 Å². The van der Waals surface area contributed by atoms with Gasteiger partial charge in [0.05, 0.1) is 11.4 Å². The molecule has 2 aromatic rings. The highest BCUT2D eigenvalue weighted by Crippen LogP contribution is 2.10. The number of hydrogen-bond acceptors (Lipinski definition) is 6. The van der Waals surface area contributed by atoms with Gasteiger partial charge in [0.1, 0.15) is 5.51 Å². The molecule has 0 bridgehead atoms. The van der Waals surface area contributed by atoms with Crippen molar-refractivity contribution < 1.29 is 13.2 Å². The van der Waals surface area contributed by atoms with E-state index in [-0.39, 0.29) is 11.4 Å². The van der Waals surface area contributed by atoms with E-state index >= 15 is 0 Å². The number of nitrogens with one attached hydrogen (secondary N) is 2. The van der Waals surface area contributed by atoms with Crippen LogP contribution in [0.2, 0.25) is 0 Å². The van der Waals surface area contributed by atoms with Gasteiger partial charge in [0.15, 0.2) is 0 Å². The molecule has 106 valence electrons. The summed E-state index contributed by atoms with van der Waals surface area (Å²) in [7, 11) is -3.69. The average molecular weight is 312 g/mol. The van der Waals surface area contributed by atoms with Crippen LogP contribution in [-0.4, -0.2) is 31.1 Å². The minimum absolute atomic E-state index is 0.117. The molecule has 0 aliphatic heterocycles. The number of hydrogen-bond donors (Lipinski definition) is 2. The van der Waals surface area contributed by atoms with Gasteiger partial charge >= 0.3 is 0 Å². The highest BCUT2D eigenvalue weighted by molar-refractivity contribution is 7.89. The van der Waals surface area contributed by atoms with Crippen LogP contribution in [0, 0.1) is 6.92 Å².